The Balaban J connectivity index is 2.40. The van der Waals surface area contributed by atoms with Crippen molar-refractivity contribution in [3.8, 4) is 0 Å². The Morgan fingerprint density at radius 1 is 1.08 bits per heavy atom. The average Bonchev–Trinajstić information content (AvgIpc) is 2.48. The molecule has 0 aliphatic carbocycles. The van der Waals surface area contributed by atoms with Crippen LogP contribution in [0.5, 0.6) is 0 Å². The Kier molecular flexibility index (Phi) is 5.23. The minimum absolute atomic E-state index is 0.268. The second-order valence-electron chi connectivity index (χ2n) is 5.92. The summed E-state index contributed by atoms with van der Waals surface area (Å²) in [4.78, 5) is 12.7. The van der Waals surface area contributed by atoms with Gasteiger partial charge in [0.15, 0.2) is 0 Å². The van der Waals surface area contributed by atoms with Crippen molar-refractivity contribution in [2.75, 3.05) is 5.32 Å². The van der Waals surface area contributed by atoms with E-state index >= 15 is 0 Å². The molecular formula is C18H17ClF3NO. The van der Waals surface area contributed by atoms with E-state index in [0.29, 0.717) is 5.56 Å². The molecule has 0 saturated carbocycles. The molecule has 2 aromatic carbocycles. The highest BCUT2D eigenvalue weighted by atomic mass is 35.5. The molecule has 1 amide bonds. The van der Waals surface area contributed by atoms with Crippen LogP contribution < -0.4 is 5.32 Å². The van der Waals surface area contributed by atoms with Crippen LogP contribution in [0.25, 0.3) is 0 Å². The third kappa shape index (κ3) is 4.29. The molecule has 1 unspecified atom stereocenters. The van der Waals surface area contributed by atoms with Crippen LogP contribution in [0.2, 0.25) is 5.02 Å². The van der Waals surface area contributed by atoms with Gasteiger partial charge in [0.25, 0.3) is 0 Å². The number of benzene rings is 2. The van der Waals surface area contributed by atoms with Crippen LogP contribution in [0.1, 0.15) is 24.5 Å². The van der Waals surface area contributed by atoms with Crippen LogP contribution in [-0.2, 0) is 10.2 Å². The Bertz CT molecular complexity index is 728. The van der Waals surface area contributed by atoms with Gasteiger partial charge in [-0.05, 0) is 31.5 Å². The monoisotopic (exact) mass is 355 g/mol. The molecule has 0 heterocycles. The second-order valence-corrected chi connectivity index (χ2v) is 6.33. The van der Waals surface area contributed by atoms with E-state index in [4.69, 9.17) is 11.6 Å². The third-order valence-corrected chi connectivity index (χ3v) is 4.20. The van der Waals surface area contributed by atoms with E-state index in [-0.39, 0.29) is 10.7 Å². The fourth-order valence-electron chi connectivity index (χ4n) is 2.46. The maximum absolute atomic E-state index is 13.1. The van der Waals surface area contributed by atoms with E-state index in [2.05, 4.69) is 5.32 Å². The molecule has 1 N–H and O–H groups in total. The number of carbonyl (C=O) groups excluding carboxylic acids is 1. The van der Waals surface area contributed by atoms with Crippen molar-refractivity contribution in [3.63, 3.8) is 0 Å². The summed E-state index contributed by atoms with van der Waals surface area (Å²) >= 11 is 5.98. The van der Waals surface area contributed by atoms with Crippen LogP contribution in [0.3, 0.4) is 0 Å². The fraction of sp³-hybridized carbons (Fsp3) is 0.278. The lowest BCUT2D eigenvalue weighted by molar-refractivity contribution is -0.155. The number of carbonyl (C=O) groups is 1. The van der Waals surface area contributed by atoms with E-state index in [1.165, 1.54) is 6.92 Å². The molecule has 24 heavy (non-hydrogen) atoms. The summed E-state index contributed by atoms with van der Waals surface area (Å²) in [6, 6.07) is 12.9. The van der Waals surface area contributed by atoms with Crippen molar-refractivity contribution in [1.82, 2.24) is 0 Å². The Morgan fingerprint density at radius 2 is 1.67 bits per heavy atom. The van der Waals surface area contributed by atoms with Crippen molar-refractivity contribution in [1.29, 1.82) is 0 Å². The van der Waals surface area contributed by atoms with Gasteiger partial charge >= 0.3 is 6.18 Å². The van der Waals surface area contributed by atoms with E-state index in [1.54, 1.807) is 48.5 Å². The standard InChI is InChI=1S/C18H17ClF3NO/c1-12-7-9-13(10-8-12)17(2,11-18(20,21)22)16(24)23-15-6-4-3-5-14(15)19/h3-10H,11H2,1-2H3,(H,23,24). The average molecular weight is 356 g/mol. The summed E-state index contributed by atoms with van der Waals surface area (Å²) in [6.07, 6.45) is -5.75. The minimum atomic E-state index is -4.49. The van der Waals surface area contributed by atoms with Gasteiger partial charge in [0, 0.05) is 0 Å². The topological polar surface area (TPSA) is 29.1 Å². The molecule has 0 aromatic heterocycles. The molecule has 2 aromatic rings. The van der Waals surface area contributed by atoms with E-state index in [1.807, 2.05) is 6.92 Å². The van der Waals surface area contributed by atoms with Gasteiger partial charge in [-0.15, -0.1) is 0 Å². The zero-order valence-electron chi connectivity index (χ0n) is 13.2. The van der Waals surface area contributed by atoms with Crippen LogP contribution >= 0.6 is 11.6 Å². The Hall–Kier alpha value is -2.01. The molecule has 0 spiro atoms. The van der Waals surface area contributed by atoms with Crippen molar-refractivity contribution in [2.24, 2.45) is 0 Å². The number of para-hydroxylation sites is 1. The highest BCUT2D eigenvalue weighted by molar-refractivity contribution is 6.33. The number of amides is 1. The molecule has 1 atom stereocenters. The van der Waals surface area contributed by atoms with Gasteiger partial charge in [0.1, 0.15) is 0 Å². The summed E-state index contributed by atoms with van der Waals surface area (Å²) in [5, 5.41) is 2.78. The van der Waals surface area contributed by atoms with Gasteiger partial charge < -0.3 is 5.32 Å². The van der Waals surface area contributed by atoms with Gasteiger partial charge in [0.2, 0.25) is 5.91 Å². The molecule has 0 bridgehead atoms. The number of alkyl halides is 3. The summed E-state index contributed by atoms with van der Waals surface area (Å²) < 4.78 is 39.3. The lowest BCUT2D eigenvalue weighted by Gasteiger charge is -2.30. The normalized spacial score (nSPS) is 14.1. The number of rotatable bonds is 4. The van der Waals surface area contributed by atoms with Crippen molar-refractivity contribution >= 4 is 23.2 Å². The number of hydrogen-bond donors (Lipinski definition) is 1. The summed E-state index contributed by atoms with van der Waals surface area (Å²) in [5.41, 5.74) is -0.273. The SMILES string of the molecule is Cc1ccc(C(C)(CC(F)(F)F)C(=O)Nc2ccccc2Cl)cc1. The number of hydrogen-bond acceptors (Lipinski definition) is 1. The zero-order valence-corrected chi connectivity index (χ0v) is 14.0. The molecule has 128 valence electrons. The van der Waals surface area contributed by atoms with Crippen LogP contribution in [-0.4, -0.2) is 12.1 Å². The molecule has 0 aliphatic rings. The first-order valence-corrected chi connectivity index (χ1v) is 7.69. The molecule has 0 radical (unpaired) electrons. The lowest BCUT2D eigenvalue weighted by atomic mass is 9.78. The van der Waals surface area contributed by atoms with E-state index < -0.39 is 23.9 Å². The van der Waals surface area contributed by atoms with Gasteiger partial charge in [-0.2, -0.15) is 13.2 Å². The van der Waals surface area contributed by atoms with E-state index in [9.17, 15) is 18.0 Å². The molecule has 2 nitrogen and oxygen atoms in total. The number of halogens is 4. The van der Waals surface area contributed by atoms with Gasteiger partial charge in [-0.1, -0.05) is 53.6 Å². The number of nitrogens with one attached hydrogen (secondary N) is 1. The summed E-state index contributed by atoms with van der Waals surface area (Å²) in [7, 11) is 0. The van der Waals surface area contributed by atoms with Gasteiger partial charge in [0.05, 0.1) is 22.5 Å². The lowest BCUT2D eigenvalue weighted by Crippen LogP contribution is -2.41. The first-order valence-electron chi connectivity index (χ1n) is 7.32. The van der Waals surface area contributed by atoms with Crippen LogP contribution in [0.15, 0.2) is 48.5 Å². The molecule has 0 fully saturated rings. The largest absolute Gasteiger partial charge is 0.390 e. The first kappa shape index (κ1) is 18.3. The predicted octanol–water partition coefficient (Wildman–Crippen LogP) is 5.50. The van der Waals surface area contributed by atoms with Crippen molar-refractivity contribution in [3.05, 3.63) is 64.7 Å². The van der Waals surface area contributed by atoms with Crippen molar-refractivity contribution in [2.45, 2.75) is 31.9 Å². The predicted molar refractivity (Wildman–Crippen MR) is 89.3 cm³/mol. The van der Waals surface area contributed by atoms with Gasteiger partial charge in [-0.3, -0.25) is 4.79 Å². The third-order valence-electron chi connectivity index (χ3n) is 3.87. The Labute approximate surface area is 143 Å². The maximum Gasteiger partial charge on any atom is 0.390 e. The maximum atomic E-state index is 13.1. The van der Waals surface area contributed by atoms with Crippen LogP contribution in [0, 0.1) is 6.92 Å². The molecular weight excluding hydrogens is 339 g/mol. The van der Waals surface area contributed by atoms with E-state index in [0.717, 1.165) is 5.56 Å². The quantitative estimate of drug-likeness (QED) is 0.771. The molecule has 0 saturated heterocycles. The van der Waals surface area contributed by atoms with Crippen LogP contribution in [0.4, 0.5) is 18.9 Å². The Morgan fingerprint density at radius 3 is 2.21 bits per heavy atom. The minimum Gasteiger partial charge on any atom is -0.324 e. The first-order chi connectivity index (χ1) is 11.1. The van der Waals surface area contributed by atoms with Gasteiger partial charge in [-0.25, -0.2) is 0 Å². The smallest absolute Gasteiger partial charge is 0.324 e. The highest BCUT2D eigenvalue weighted by Gasteiger charge is 2.45. The highest BCUT2D eigenvalue weighted by Crippen LogP contribution is 2.38. The number of anilines is 1. The summed E-state index contributed by atoms with van der Waals surface area (Å²) in [5.74, 6) is -0.753. The summed E-state index contributed by atoms with van der Waals surface area (Å²) in [6.45, 7) is 3.12. The molecule has 2 rings (SSSR count). The number of aryl methyl sites for hydroxylation is 1. The molecule has 6 heteroatoms. The zero-order chi connectivity index (χ0) is 18.0. The van der Waals surface area contributed by atoms with Crippen molar-refractivity contribution < 1.29 is 18.0 Å². The fourth-order valence-corrected chi connectivity index (χ4v) is 2.64. The second kappa shape index (κ2) is 6.85. The molecule has 0 aliphatic heterocycles.